The van der Waals surface area contributed by atoms with Crippen molar-refractivity contribution < 1.29 is 9.53 Å². The van der Waals surface area contributed by atoms with Crippen molar-refractivity contribution in [2.75, 3.05) is 13.1 Å². The number of ether oxygens (including phenoxy) is 1. The summed E-state index contributed by atoms with van der Waals surface area (Å²) in [7, 11) is 0. The second-order valence-electron chi connectivity index (χ2n) is 3.80. The van der Waals surface area contributed by atoms with Crippen LogP contribution in [-0.4, -0.2) is 19.1 Å². The van der Waals surface area contributed by atoms with E-state index in [1.807, 2.05) is 17.5 Å². The third-order valence-corrected chi connectivity index (χ3v) is 3.42. The second kappa shape index (κ2) is 5.28. The molecular weight excluding hydrogens is 210 g/mol. The van der Waals surface area contributed by atoms with Gasteiger partial charge in [-0.05, 0) is 36.9 Å². The molecule has 0 amide bonds. The van der Waals surface area contributed by atoms with Gasteiger partial charge in [-0.2, -0.15) is 0 Å². The van der Waals surface area contributed by atoms with Gasteiger partial charge < -0.3 is 10.1 Å². The zero-order chi connectivity index (χ0) is 10.5. The highest BCUT2D eigenvalue weighted by molar-refractivity contribution is 7.09. The molecule has 0 saturated carbocycles. The van der Waals surface area contributed by atoms with Gasteiger partial charge in [-0.3, -0.25) is 4.79 Å². The van der Waals surface area contributed by atoms with Crippen LogP contribution in [0.2, 0.25) is 0 Å². The predicted octanol–water partition coefficient (Wildman–Crippen LogP) is 1.79. The largest absolute Gasteiger partial charge is 0.460 e. The Morgan fingerprint density at radius 3 is 3.27 bits per heavy atom. The summed E-state index contributed by atoms with van der Waals surface area (Å²) in [5.41, 5.74) is 0. The first kappa shape index (κ1) is 10.6. The van der Waals surface area contributed by atoms with E-state index in [1.165, 1.54) is 0 Å². The van der Waals surface area contributed by atoms with Crippen molar-refractivity contribution in [3.63, 3.8) is 0 Å². The van der Waals surface area contributed by atoms with Gasteiger partial charge in [0.25, 0.3) is 0 Å². The summed E-state index contributed by atoms with van der Waals surface area (Å²) in [5, 5.41) is 5.23. The van der Waals surface area contributed by atoms with Crippen molar-refractivity contribution in [1.82, 2.24) is 5.32 Å². The molecule has 1 aliphatic heterocycles. The molecule has 1 aromatic heterocycles. The van der Waals surface area contributed by atoms with Crippen LogP contribution in [0, 0.1) is 5.92 Å². The Balaban J connectivity index is 1.68. The van der Waals surface area contributed by atoms with Crippen LogP contribution in [0.25, 0.3) is 0 Å². The van der Waals surface area contributed by atoms with E-state index in [0.29, 0.717) is 18.9 Å². The van der Waals surface area contributed by atoms with Crippen LogP contribution in [0.4, 0.5) is 0 Å². The third-order valence-electron chi connectivity index (χ3n) is 2.57. The number of carbonyl (C=O) groups is 1. The number of esters is 1. The third kappa shape index (κ3) is 3.32. The first-order chi connectivity index (χ1) is 7.34. The maximum absolute atomic E-state index is 11.4. The van der Waals surface area contributed by atoms with Gasteiger partial charge in [0.05, 0.1) is 0 Å². The fraction of sp³-hybridized carbons (Fsp3) is 0.545. The molecule has 1 aliphatic rings. The normalized spacial score (nSPS) is 20.4. The summed E-state index contributed by atoms with van der Waals surface area (Å²) in [4.78, 5) is 12.6. The molecule has 1 atom stereocenters. The molecule has 2 rings (SSSR count). The molecule has 3 nitrogen and oxygen atoms in total. The lowest BCUT2D eigenvalue weighted by atomic mass is 10.1. The fourth-order valence-electron chi connectivity index (χ4n) is 1.73. The summed E-state index contributed by atoms with van der Waals surface area (Å²) in [6.07, 6.45) is 1.65. The van der Waals surface area contributed by atoms with E-state index in [-0.39, 0.29) is 5.97 Å². The lowest BCUT2D eigenvalue weighted by Crippen LogP contribution is -2.14. The zero-order valence-electron chi connectivity index (χ0n) is 8.57. The van der Waals surface area contributed by atoms with Crippen LogP contribution in [-0.2, 0) is 16.1 Å². The van der Waals surface area contributed by atoms with Gasteiger partial charge in [-0.1, -0.05) is 6.07 Å². The second-order valence-corrected chi connectivity index (χ2v) is 4.84. The molecular formula is C11H15NO2S. The van der Waals surface area contributed by atoms with Gasteiger partial charge in [-0.25, -0.2) is 0 Å². The number of carbonyl (C=O) groups excluding carboxylic acids is 1. The summed E-state index contributed by atoms with van der Waals surface area (Å²) in [6.45, 7) is 2.41. The molecule has 0 bridgehead atoms. The molecule has 4 heteroatoms. The molecule has 1 unspecified atom stereocenters. The van der Waals surface area contributed by atoms with Gasteiger partial charge in [0.1, 0.15) is 6.61 Å². The van der Waals surface area contributed by atoms with Gasteiger partial charge in [0.2, 0.25) is 0 Å². The predicted molar refractivity (Wildman–Crippen MR) is 59.7 cm³/mol. The lowest BCUT2D eigenvalue weighted by Gasteiger charge is -2.07. The maximum Gasteiger partial charge on any atom is 0.306 e. The SMILES string of the molecule is O=C(CC1CCNC1)OCc1cccs1. The van der Waals surface area contributed by atoms with E-state index in [2.05, 4.69) is 5.32 Å². The van der Waals surface area contributed by atoms with E-state index >= 15 is 0 Å². The topological polar surface area (TPSA) is 38.3 Å². The standard InChI is InChI=1S/C11H15NO2S/c13-11(6-9-3-4-12-7-9)14-8-10-2-1-5-15-10/h1-2,5,9,12H,3-4,6-8H2. The minimum absolute atomic E-state index is 0.0721. The van der Waals surface area contributed by atoms with Gasteiger partial charge >= 0.3 is 5.97 Å². The molecule has 15 heavy (non-hydrogen) atoms. The highest BCUT2D eigenvalue weighted by atomic mass is 32.1. The number of hydrogen-bond donors (Lipinski definition) is 1. The number of thiophene rings is 1. The van der Waals surface area contributed by atoms with Gasteiger partial charge in [-0.15, -0.1) is 11.3 Å². The molecule has 82 valence electrons. The Hall–Kier alpha value is -0.870. The van der Waals surface area contributed by atoms with Crippen molar-refractivity contribution in [2.45, 2.75) is 19.4 Å². The Kier molecular flexibility index (Phi) is 3.75. The molecule has 1 aromatic rings. The molecule has 1 N–H and O–H groups in total. The average Bonchev–Trinajstić information content (AvgIpc) is 2.86. The van der Waals surface area contributed by atoms with E-state index in [9.17, 15) is 4.79 Å². The van der Waals surface area contributed by atoms with E-state index in [0.717, 1.165) is 24.4 Å². The Morgan fingerprint density at radius 1 is 1.67 bits per heavy atom. The monoisotopic (exact) mass is 225 g/mol. The van der Waals surface area contributed by atoms with E-state index in [4.69, 9.17) is 4.74 Å². The van der Waals surface area contributed by atoms with Crippen molar-refractivity contribution >= 4 is 17.3 Å². The summed E-state index contributed by atoms with van der Waals surface area (Å²) in [5.74, 6) is 0.401. The minimum Gasteiger partial charge on any atom is -0.460 e. The van der Waals surface area contributed by atoms with E-state index < -0.39 is 0 Å². The summed E-state index contributed by atoms with van der Waals surface area (Å²) >= 11 is 1.62. The quantitative estimate of drug-likeness (QED) is 0.794. The van der Waals surface area contributed by atoms with Gasteiger partial charge in [0.15, 0.2) is 0 Å². The molecule has 0 aliphatic carbocycles. The van der Waals surface area contributed by atoms with Crippen LogP contribution < -0.4 is 5.32 Å². The lowest BCUT2D eigenvalue weighted by molar-refractivity contribution is -0.145. The van der Waals surface area contributed by atoms with Crippen LogP contribution in [0.15, 0.2) is 17.5 Å². The molecule has 0 aromatic carbocycles. The smallest absolute Gasteiger partial charge is 0.306 e. The molecule has 0 radical (unpaired) electrons. The first-order valence-electron chi connectivity index (χ1n) is 5.23. The number of rotatable bonds is 4. The number of hydrogen-bond acceptors (Lipinski definition) is 4. The summed E-state index contributed by atoms with van der Waals surface area (Å²) < 4.78 is 5.19. The molecule has 1 saturated heterocycles. The highest BCUT2D eigenvalue weighted by Crippen LogP contribution is 2.14. The Bertz CT molecular complexity index is 304. The maximum atomic E-state index is 11.4. The van der Waals surface area contributed by atoms with Crippen molar-refractivity contribution in [1.29, 1.82) is 0 Å². The first-order valence-corrected chi connectivity index (χ1v) is 6.11. The van der Waals surface area contributed by atoms with Crippen LogP contribution in [0.5, 0.6) is 0 Å². The average molecular weight is 225 g/mol. The van der Waals surface area contributed by atoms with Crippen molar-refractivity contribution in [3.8, 4) is 0 Å². The zero-order valence-corrected chi connectivity index (χ0v) is 9.39. The molecule has 1 fully saturated rings. The van der Waals surface area contributed by atoms with Crippen LogP contribution in [0.3, 0.4) is 0 Å². The van der Waals surface area contributed by atoms with Crippen molar-refractivity contribution in [2.24, 2.45) is 5.92 Å². The highest BCUT2D eigenvalue weighted by Gasteiger charge is 2.18. The van der Waals surface area contributed by atoms with Crippen LogP contribution in [0.1, 0.15) is 17.7 Å². The fourth-order valence-corrected chi connectivity index (χ4v) is 2.35. The molecule has 0 spiro atoms. The number of nitrogens with one attached hydrogen (secondary N) is 1. The Morgan fingerprint density at radius 2 is 2.60 bits per heavy atom. The van der Waals surface area contributed by atoms with Crippen molar-refractivity contribution in [3.05, 3.63) is 22.4 Å². The molecule has 2 heterocycles. The van der Waals surface area contributed by atoms with E-state index in [1.54, 1.807) is 11.3 Å². The summed E-state index contributed by atoms with van der Waals surface area (Å²) in [6, 6.07) is 3.95. The Labute approximate surface area is 93.4 Å². The van der Waals surface area contributed by atoms with Gasteiger partial charge in [0, 0.05) is 11.3 Å². The minimum atomic E-state index is -0.0721. The van der Waals surface area contributed by atoms with Crippen LogP contribution >= 0.6 is 11.3 Å².